The van der Waals surface area contributed by atoms with E-state index in [9.17, 15) is 29.1 Å². The van der Waals surface area contributed by atoms with Gasteiger partial charge in [-0.2, -0.15) is 0 Å². The lowest BCUT2D eigenvalue weighted by Crippen LogP contribution is -2.55. The van der Waals surface area contributed by atoms with Gasteiger partial charge in [0.2, 0.25) is 11.0 Å². The summed E-state index contributed by atoms with van der Waals surface area (Å²) in [5.41, 5.74) is -0.624. The summed E-state index contributed by atoms with van der Waals surface area (Å²) in [5.74, 6) is -0.445. The summed E-state index contributed by atoms with van der Waals surface area (Å²) in [6.45, 7) is 4.82. The number of hydrogen-bond donors (Lipinski definition) is 4. The number of carbonyl (C=O) groups excluding carboxylic acids is 2. The zero-order chi connectivity index (χ0) is 24.4. The molecular weight excluding hydrogens is 484 g/mol. The summed E-state index contributed by atoms with van der Waals surface area (Å²) in [6.07, 6.45) is 5.71. The molecule has 3 heterocycles. The first-order valence-corrected chi connectivity index (χ1v) is 13.8. The number of amides is 1. The Balaban J connectivity index is 1.99. The van der Waals surface area contributed by atoms with E-state index >= 15 is 0 Å². The van der Waals surface area contributed by atoms with Gasteiger partial charge in [0.05, 0.1) is 21.6 Å². The van der Waals surface area contributed by atoms with E-state index in [-0.39, 0.29) is 19.3 Å². The number of rotatable bonds is 0. The Labute approximate surface area is 202 Å². The number of aliphatic hydroxyl groups excluding tert-OH is 2. The molecule has 2 aliphatic rings. The highest BCUT2D eigenvalue weighted by molar-refractivity contribution is 8.76. The SMILES string of the molecule is C/C1=C\[C@@H](O)C(O)/C=C/C=C\c2csc(n2)[C@@H](C)NC(=O)C[C@@]2(CC1)S(=O)SC(=O)[C@]2(C)O. The number of fused-ring (bicyclic) bond motifs is 2. The van der Waals surface area contributed by atoms with Gasteiger partial charge >= 0.3 is 0 Å². The van der Waals surface area contributed by atoms with Gasteiger partial charge in [-0.05, 0) is 39.7 Å². The molecule has 3 rings (SSSR count). The van der Waals surface area contributed by atoms with Gasteiger partial charge in [0.1, 0.15) is 27.6 Å². The lowest BCUT2D eigenvalue weighted by Gasteiger charge is -2.36. The molecule has 180 valence electrons. The molecule has 0 aliphatic carbocycles. The summed E-state index contributed by atoms with van der Waals surface area (Å²) in [7, 11) is -1.30. The third kappa shape index (κ3) is 5.55. The third-order valence-electron chi connectivity index (χ3n) is 5.90. The van der Waals surface area contributed by atoms with Gasteiger partial charge in [0.15, 0.2) is 0 Å². The maximum Gasteiger partial charge on any atom is 0.234 e. The molecule has 11 heteroatoms. The van der Waals surface area contributed by atoms with E-state index in [1.165, 1.54) is 30.4 Å². The number of nitrogens with one attached hydrogen (secondary N) is 1. The number of allylic oxidation sites excluding steroid dienone is 3. The first-order valence-electron chi connectivity index (χ1n) is 10.5. The van der Waals surface area contributed by atoms with Crippen LogP contribution >= 0.6 is 22.1 Å². The Morgan fingerprint density at radius 3 is 2.64 bits per heavy atom. The summed E-state index contributed by atoms with van der Waals surface area (Å²) < 4.78 is 11.5. The van der Waals surface area contributed by atoms with Gasteiger partial charge in [0, 0.05) is 22.6 Å². The van der Waals surface area contributed by atoms with Crippen LogP contribution in [0.1, 0.15) is 56.8 Å². The van der Waals surface area contributed by atoms with Gasteiger partial charge in [-0.25, -0.2) is 9.19 Å². The van der Waals surface area contributed by atoms with Crippen molar-refractivity contribution in [2.24, 2.45) is 0 Å². The molecule has 0 saturated carbocycles. The fourth-order valence-corrected chi connectivity index (χ4v) is 8.47. The highest BCUT2D eigenvalue weighted by Crippen LogP contribution is 2.50. The van der Waals surface area contributed by atoms with Gasteiger partial charge in [-0.1, -0.05) is 29.9 Å². The summed E-state index contributed by atoms with van der Waals surface area (Å²) in [4.78, 5) is 29.9. The highest BCUT2D eigenvalue weighted by Gasteiger charge is 2.63. The van der Waals surface area contributed by atoms with Crippen molar-refractivity contribution in [3.63, 3.8) is 0 Å². The van der Waals surface area contributed by atoms with Crippen LogP contribution in [0.25, 0.3) is 6.08 Å². The first kappa shape index (κ1) is 26.0. The summed E-state index contributed by atoms with van der Waals surface area (Å²) in [5, 5.41) is 36.2. The molecule has 6 atom stereocenters. The Morgan fingerprint density at radius 1 is 1.24 bits per heavy atom. The molecule has 2 aliphatic heterocycles. The van der Waals surface area contributed by atoms with Crippen molar-refractivity contribution < 1.29 is 29.1 Å². The van der Waals surface area contributed by atoms with E-state index in [0.29, 0.717) is 27.1 Å². The van der Waals surface area contributed by atoms with Crippen molar-refractivity contribution in [3.8, 4) is 0 Å². The molecule has 1 amide bonds. The maximum absolute atomic E-state index is 13.0. The van der Waals surface area contributed by atoms with Crippen LogP contribution in [0.5, 0.6) is 0 Å². The van der Waals surface area contributed by atoms with Gasteiger partial charge in [0.25, 0.3) is 0 Å². The summed E-state index contributed by atoms with van der Waals surface area (Å²) in [6, 6.07) is -0.419. The number of nitrogens with zero attached hydrogens (tertiary/aromatic N) is 1. The molecule has 2 bridgehead atoms. The van der Waals surface area contributed by atoms with E-state index in [1.54, 1.807) is 32.1 Å². The second-order valence-electron chi connectivity index (χ2n) is 8.49. The predicted molar refractivity (Wildman–Crippen MR) is 131 cm³/mol. The number of aliphatic hydroxyl groups is 3. The van der Waals surface area contributed by atoms with E-state index in [0.717, 1.165) is 0 Å². The average molecular weight is 513 g/mol. The molecule has 1 aromatic rings. The Bertz CT molecular complexity index is 1030. The van der Waals surface area contributed by atoms with Crippen molar-refractivity contribution in [3.05, 3.63) is 46.0 Å². The van der Waals surface area contributed by atoms with Crippen LogP contribution in [0.4, 0.5) is 0 Å². The molecule has 2 unspecified atom stereocenters. The lowest BCUT2D eigenvalue weighted by atomic mass is 9.81. The minimum Gasteiger partial charge on any atom is -0.386 e. The van der Waals surface area contributed by atoms with Crippen molar-refractivity contribution in [1.82, 2.24) is 10.3 Å². The van der Waals surface area contributed by atoms with Crippen LogP contribution in [-0.4, -0.2) is 58.1 Å². The number of carbonyl (C=O) groups is 2. The van der Waals surface area contributed by atoms with E-state index < -0.39 is 49.5 Å². The molecule has 33 heavy (non-hydrogen) atoms. The number of hydrogen-bond acceptors (Lipinski definition) is 9. The number of thiazole rings is 1. The predicted octanol–water partition coefficient (Wildman–Crippen LogP) is 2.17. The number of aromatic nitrogens is 1. The van der Waals surface area contributed by atoms with Crippen molar-refractivity contribution >= 4 is 49.1 Å². The largest absolute Gasteiger partial charge is 0.386 e. The molecular formula is C22H28N2O6S3. The van der Waals surface area contributed by atoms with Crippen molar-refractivity contribution in [2.75, 3.05) is 0 Å². The molecule has 1 aromatic heterocycles. The van der Waals surface area contributed by atoms with E-state index in [4.69, 9.17) is 0 Å². The average Bonchev–Trinajstić information content (AvgIpc) is 3.27. The van der Waals surface area contributed by atoms with Crippen molar-refractivity contribution in [1.29, 1.82) is 0 Å². The third-order valence-corrected chi connectivity index (χ3v) is 10.9. The fourth-order valence-electron chi connectivity index (χ4n) is 3.73. The topological polar surface area (TPSA) is 137 Å². The fraction of sp³-hybridized carbons (Fsp3) is 0.500. The normalized spacial score (nSPS) is 39.9. The molecule has 0 radical (unpaired) electrons. The highest BCUT2D eigenvalue weighted by atomic mass is 33.1. The molecule has 1 saturated heterocycles. The van der Waals surface area contributed by atoms with Gasteiger partial charge in [-0.15, -0.1) is 11.3 Å². The zero-order valence-corrected chi connectivity index (χ0v) is 21.0. The van der Waals surface area contributed by atoms with Crippen LogP contribution < -0.4 is 5.32 Å². The van der Waals surface area contributed by atoms with Crippen LogP contribution in [0, 0.1) is 0 Å². The molecule has 1 spiro atoms. The Kier molecular flexibility index (Phi) is 8.13. The van der Waals surface area contributed by atoms with Crippen LogP contribution in [0.2, 0.25) is 0 Å². The Morgan fingerprint density at radius 2 is 1.97 bits per heavy atom. The smallest absolute Gasteiger partial charge is 0.234 e. The van der Waals surface area contributed by atoms with Gasteiger partial charge in [-0.3, -0.25) is 9.59 Å². The quantitative estimate of drug-likeness (QED) is 0.307. The van der Waals surface area contributed by atoms with Crippen molar-refractivity contribution in [2.45, 2.75) is 68.6 Å². The Hall–Kier alpha value is -1.63. The second kappa shape index (κ2) is 10.3. The minimum atomic E-state index is -1.97. The first-order chi connectivity index (χ1) is 15.5. The molecule has 0 aromatic carbocycles. The monoisotopic (exact) mass is 512 g/mol. The lowest BCUT2D eigenvalue weighted by molar-refractivity contribution is -0.132. The van der Waals surface area contributed by atoms with Crippen LogP contribution in [-0.2, 0) is 19.4 Å². The minimum absolute atomic E-state index is 0.0816. The molecule has 8 nitrogen and oxygen atoms in total. The standard InChI is InChI=1S/C22H28N2O6S3/c1-13-8-9-22(21(3,29)20(28)32-33(22)30)11-18(27)23-14(2)19-24-15(12-31-19)6-4-5-7-16(25)17(26)10-13/h4-7,10,12,14,16-17,25-26,29H,8-9,11H2,1-3H3,(H,23,27)/b6-4-,7-5+,13-10+/t14-,16?,17-,21+,22-,33?/m1/s1. The van der Waals surface area contributed by atoms with E-state index in [1.807, 2.05) is 5.38 Å². The second-order valence-corrected chi connectivity index (χ2v) is 12.6. The van der Waals surface area contributed by atoms with E-state index in [2.05, 4.69) is 10.3 Å². The van der Waals surface area contributed by atoms with Gasteiger partial charge < -0.3 is 20.6 Å². The molecule has 4 N–H and O–H groups in total. The maximum atomic E-state index is 13.0. The van der Waals surface area contributed by atoms with Crippen LogP contribution in [0.3, 0.4) is 0 Å². The molecule has 1 fully saturated rings. The van der Waals surface area contributed by atoms with Crippen LogP contribution in [0.15, 0.2) is 35.3 Å². The summed E-state index contributed by atoms with van der Waals surface area (Å²) >= 11 is 1.37. The zero-order valence-electron chi connectivity index (χ0n) is 18.6.